The van der Waals surface area contributed by atoms with E-state index in [1.165, 1.54) is 25.3 Å². The van der Waals surface area contributed by atoms with E-state index in [4.69, 9.17) is 0 Å². The first-order valence-electron chi connectivity index (χ1n) is 12.6. The van der Waals surface area contributed by atoms with Crippen molar-refractivity contribution in [1.82, 2.24) is 53.8 Å². The third kappa shape index (κ3) is 25.5. The molecular formula is C28H37N12O2S2+. The fourth-order valence-corrected chi connectivity index (χ4v) is 2.77. The van der Waals surface area contributed by atoms with Gasteiger partial charge in [-0.1, -0.05) is 0 Å². The summed E-state index contributed by atoms with van der Waals surface area (Å²) in [6.45, 7) is 0. The van der Waals surface area contributed by atoms with Gasteiger partial charge in [0.25, 0.3) is 0 Å². The summed E-state index contributed by atoms with van der Waals surface area (Å²) in [5.41, 5.74) is 3.58. The van der Waals surface area contributed by atoms with Crippen LogP contribution in [0.5, 0.6) is 0 Å². The molecule has 0 radical (unpaired) electrons. The maximum absolute atomic E-state index is 4.47. The van der Waals surface area contributed by atoms with Gasteiger partial charge in [0.15, 0.2) is 12.8 Å². The van der Waals surface area contributed by atoms with Crippen molar-refractivity contribution in [3.8, 4) is 0 Å². The zero-order chi connectivity index (χ0) is 31.8. The van der Waals surface area contributed by atoms with Crippen LogP contribution in [0.1, 0.15) is 0 Å². The summed E-state index contributed by atoms with van der Waals surface area (Å²) >= 11 is 3.20. The van der Waals surface area contributed by atoms with Gasteiger partial charge in [-0.2, -0.15) is 5.10 Å². The number of aryl methyl sites for hydroxylation is 4. The molecule has 1 N–H and O–H groups in total. The van der Waals surface area contributed by atoms with E-state index in [1.807, 2.05) is 96.0 Å². The van der Waals surface area contributed by atoms with Crippen molar-refractivity contribution in [2.45, 2.75) is 0 Å². The summed E-state index contributed by atoms with van der Waals surface area (Å²) < 4.78 is 16.4. The lowest BCUT2D eigenvalue weighted by molar-refractivity contribution is -0.670. The van der Waals surface area contributed by atoms with Crippen molar-refractivity contribution < 1.29 is 13.4 Å². The largest absolute Gasteiger partial charge is 0.452 e. The summed E-state index contributed by atoms with van der Waals surface area (Å²) in [6, 6.07) is 1.89. The van der Waals surface area contributed by atoms with Crippen LogP contribution in [0.4, 0.5) is 0 Å². The number of oxazole rings is 2. The SMILES string of the molecule is C[n+]1cc[nH]c1.Cn1cccn1.Cn1ccnc1.Cn1ccnc1.c1cocn1.c1cocn1.c1cscn1.c1cscn1. The second-order valence-electron chi connectivity index (χ2n) is 7.62. The molecule has 0 atom stereocenters. The average molecular weight is 638 g/mol. The lowest BCUT2D eigenvalue weighted by Gasteiger charge is -1.77. The van der Waals surface area contributed by atoms with E-state index in [-0.39, 0.29) is 0 Å². The molecule has 16 heteroatoms. The predicted molar refractivity (Wildman–Crippen MR) is 169 cm³/mol. The maximum Gasteiger partial charge on any atom is 0.241 e. The fraction of sp³-hybridized carbons (Fsp3) is 0.143. The van der Waals surface area contributed by atoms with Gasteiger partial charge < -0.3 is 18.0 Å². The molecule has 0 aliphatic carbocycles. The summed E-state index contributed by atoms with van der Waals surface area (Å²) in [7, 11) is 7.73. The lowest BCUT2D eigenvalue weighted by Crippen LogP contribution is -2.22. The molecule has 44 heavy (non-hydrogen) atoms. The third-order valence-electron chi connectivity index (χ3n) is 3.98. The van der Waals surface area contributed by atoms with Crippen molar-refractivity contribution in [3.05, 3.63) is 147 Å². The van der Waals surface area contributed by atoms with Crippen LogP contribution in [0.15, 0.2) is 155 Å². The molecule has 0 saturated carbocycles. The molecule has 0 spiro atoms. The van der Waals surface area contributed by atoms with Gasteiger partial charge in [-0.05, 0) is 6.07 Å². The van der Waals surface area contributed by atoms with Crippen LogP contribution in [0, 0.1) is 0 Å². The monoisotopic (exact) mass is 637 g/mol. The van der Waals surface area contributed by atoms with E-state index in [0.29, 0.717) is 0 Å². The van der Waals surface area contributed by atoms with E-state index in [1.54, 1.807) is 94.4 Å². The van der Waals surface area contributed by atoms with Crippen LogP contribution in [0.25, 0.3) is 0 Å². The molecule has 0 fully saturated rings. The minimum atomic E-state index is 1.38. The lowest BCUT2D eigenvalue weighted by atomic mass is 10.8. The predicted octanol–water partition coefficient (Wildman–Crippen LogP) is 4.73. The molecular weight excluding hydrogens is 601 g/mol. The first-order chi connectivity index (χ1) is 21.6. The molecule has 0 unspecified atom stereocenters. The number of H-pyrrole nitrogens is 1. The fourth-order valence-electron chi connectivity index (χ4n) is 2.06. The Hall–Kier alpha value is -5.48. The molecule has 14 nitrogen and oxygen atoms in total. The van der Waals surface area contributed by atoms with Crippen LogP contribution >= 0.6 is 22.7 Å². The van der Waals surface area contributed by atoms with Crippen molar-refractivity contribution >= 4 is 22.7 Å². The third-order valence-corrected chi connectivity index (χ3v) is 5.03. The van der Waals surface area contributed by atoms with Crippen molar-refractivity contribution in [2.24, 2.45) is 28.2 Å². The number of imidazole rings is 3. The number of aromatic amines is 1. The second-order valence-corrected chi connectivity index (χ2v) is 9.13. The van der Waals surface area contributed by atoms with Crippen molar-refractivity contribution in [2.75, 3.05) is 0 Å². The van der Waals surface area contributed by atoms with Crippen LogP contribution in [-0.4, -0.2) is 53.8 Å². The first kappa shape index (κ1) is 36.5. The van der Waals surface area contributed by atoms with E-state index >= 15 is 0 Å². The van der Waals surface area contributed by atoms with Gasteiger partial charge >= 0.3 is 0 Å². The normalized spacial score (nSPS) is 8.45. The van der Waals surface area contributed by atoms with Crippen molar-refractivity contribution in [1.29, 1.82) is 0 Å². The van der Waals surface area contributed by atoms with Gasteiger partial charge in [0.05, 0.1) is 43.1 Å². The Bertz CT molecular complexity index is 1170. The zero-order valence-corrected chi connectivity index (χ0v) is 26.5. The number of rotatable bonds is 0. The molecule has 0 bridgehead atoms. The molecule has 0 saturated heterocycles. The number of thiazole rings is 2. The van der Waals surface area contributed by atoms with E-state index in [2.05, 4.69) is 48.8 Å². The summed E-state index contributed by atoms with van der Waals surface area (Å²) in [6.07, 6.45) is 32.6. The van der Waals surface area contributed by atoms with Crippen LogP contribution in [0.3, 0.4) is 0 Å². The molecule has 0 aromatic carbocycles. The quantitative estimate of drug-likeness (QED) is 0.233. The number of nitrogens with zero attached hydrogens (tertiary/aromatic N) is 11. The van der Waals surface area contributed by atoms with Crippen molar-refractivity contribution in [3.63, 3.8) is 0 Å². The highest BCUT2D eigenvalue weighted by Crippen LogP contribution is 1.86. The van der Waals surface area contributed by atoms with E-state index in [9.17, 15) is 0 Å². The Morgan fingerprint density at radius 2 is 1.23 bits per heavy atom. The highest BCUT2D eigenvalue weighted by atomic mass is 32.1. The second kappa shape index (κ2) is 27.7. The van der Waals surface area contributed by atoms with Gasteiger partial charge in [0.1, 0.15) is 24.9 Å². The standard InChI is InChI=1S/4C4H6N2.2C3H3NO.2C3H3NS/c3*1-6-3-2-5-4-6;1-6-4-2-3-5-6;4*1-2-5-3-4-1/h4*2-4H,1H3;4*1-3H/p+1. The number of nitrogens with one attached hydrogen (secondary N) is 1. The Balaban J connectivity index is 0.000000252. The molecule has 8 aromatic rings. The Morgan fingerprint density at radius 3 is 1.34 bits per heavy atom. The van der Waals surface area contributed by atoms with Crippen LogP contribution < -0.4 is 4.57 Å². The topological polar surface area (TPSA) is 151 Å². The molecule has 0 aliphatic heterocycles. The molecule has 8 aromatic heterocycles. The highest BCUT2D eigenvalue weighted by molar-refractivity contribution is 7.07. The summed E-state index contributed by atoms with van der Waals surface area (Å²) in [5.74, 6) is 0. The Kier molecular flexibility index (Phi) is 23.0. The van der Waals surface area contributed by atoms with Gasteiger partial charge in [0.2, 0.25) is 6.33 Å². The molecule has 8 heterocycles. The minimum absolute atomic E-state index is 1.38. The zero-order valence-electron chi connectivity index (χ0n) is 24.9. The molecule has 0 aliphatic rings. The number of hydrogen-bond donors (Lipinski definition) is 1. The van der Waals surface area contributed by atoms with Gasteiger partial charge in [0, 0.05) is 81.5 Å². The number of aromatic nitrogens is 12. The first-order valence-corrected chi connectivity index (χ1v) is 14.5. The number of hydrogen-bond acceptors (Lipinski definition) is 11. The maximum atomic E-state index is 4.47. The summed E-state index contributed by atoms with van der Waals surface area (Å²) in [5, 5.41) is 7.69. The smallest absolute Gasteiger partial charge is 0.241 e. The average Bonchev–Trinajstić information content (AvgIpc) is 3.90. The van der Waals surface area contributed by atoms with Crippen LogP contribution in [-0.2, 0) is 28.2 Å². The summed E-state index contributed by atoms with van der Waals surface area (Å²) in [4.78, 5) is 25.1. The highest BCUT2D eigenvalue weighted by Gasteiger charge is 1.78. The Labute approximate surface area is 264 Å². The van der Waals surface area contributed by atoms with E-state index < -0.39 is 0 Å². The Morgan fingerprint density at radius 1 is 0.659 bits per heavy atom. The minimum Gasteiger partial charge on any atom is -0.452 e. The van der Waals surface area contributed by atoms with Crippen LogP contribution in [0.2, 0.25) is 0 Å². The van der Waals surface area contributed by atoms with Gasteiger partial charge in [-0.3, -0.25) is 19.6 Å². The van der Waals surface area contributed by atoms with Gasteiger partial charge in [-0.15, -0.1) is 22.7 Å². The molecule has 8 rings (SSSR count). The molecule has 0 amide bonds. The van der Waals surface area contributed by atoms with Gasteiger partial charge in [-0.25, -0.2) is 24.5 Å². The van der Waals surface area contributed by atoms with E-state index in [0.717, 1.165) is 0 Å². The molecule has 232 valence electrons.